The van der Waals surface area contributed by atoms with Gasteiger partial charge in [0.25, 0.3) is 0 Å². The minimum absolute atomic E-state index is 0.0258. The molecule has 0 aliphatic carbocycles. The number of carbonyl (C=O) groups excluding carboxylic acids is 2. The summed E-state index contributed by atoms with van der Waals surface area (Å²) >= 11 is 0. The Kier molecular flexibility index (Phi) is 7.46. The van der Waals surface area contributed by atoms with Gasteiger partial charge in [0.1, 0.15) is 5.75 Å². The van der Waals surface area contributed by atoms with Gasteiger partial charge in [0.15, 0.2) is 0 Å². The zero-order valence-corrected chi connectivity index (χ0v) is 16.0. The lowest BCUT2D eigenvalue weighted by Crippen LogP contribution is -2.34. The van der Waals surface area contributed by atoms with Crippen molar-refractivity contribution in [2.45, 2.75) is 39.2 Å². The zero-order chi connectivity index (χ0) is 21.4. The quantitative estimate of drug-likeness (QED) is 0.647. The topological polar surface area (TPSA) is 79.5 Å². The molecule has 0 radical (unpaired) electrons. The minimum atomic E-state index is -4.75. The van der Waals surface area contributed by atoms with Gasteiger partial charge in [0.05, 0.1) is 6.42 Å². The van der Waals surface area contributed by atoms with Crippen molar-refractivity contribution in [3.8, 4) is 5.75 Å². The molecule has 0 atom stereocenters. The lowest BCUT2D eigenvalue weighted by molar-refractivity contribution is -0.274. The van der Waals surface area contributed by atoms with Crippen molar-refractivity contribution >= 4 is 17.6 Å². The fraction of sp³-hybridized carbons (Fsp3) is 0.300. The molecule has 156 valence electrons. The first kappa shape index (κ1) is 22.1. The molecule has 3 amide bonds. The van der Waals surface area contributed by atoms with Crippen molar-refractivity contribution in [2.75, 3.05) is 5.32 Å². The first-order valence-electron chi connectivity index (χ1n) is 8.88. The molecule has 0 aromatic heterocycles. The maximum Gasteiger partial charge on any atom is 0.573 e. The van der Waals surface area contributed by atoms with Gasteiger partial charge in [-0.25, -0.2) is 4.79 Å². The van der Waals surface area contributed by atoms with Gasteiger partial charge < -0.3 is 20.7 Å². The van der Waals surface area contributed by atoms with Crippen LogP contribution in [0.3, 0.4) is 0 Å². The van der Waals surface area contributed by atoms with Gasteiger partial charge in [-0.2, -0.15) is 0 Å². The Bertz CT molecular complexity index is 820. The summed E-state index contributed by atoms with van der Waals surface area (Å²) in [5, 5.41) is 8.15. The number of benzene rings is 2. The van der Waals surface area contributed by atoms with E-state index in [1.165, 1.54) is 12.1 Å². The first-order valence-corrected chi connectivity index (χ1v) is 8.88. The molecule has 3 N–H and O–H groups in total. The number of rotatable bonds is 7. The predicted octanol–water partition coefficient (Wildman–Crippen LogP) is 3.97. The molecule has 0 spiro atoms. The number of urea groups is 1. The maximum atomic E-state index is 12.1. The highest BCUT2D eigenvalue weighted by atomic mass is 19.4. The van der Waals surface area contributed by atoms with Crippen LogP contribution >= 0.6 is 0 Å². The van der Waals surface area contributed by atoms with Crippen LogP contribution in [0.25, 0.3) is 0 Å². The summed E-state index contributed by atoms with van der Waals surface area (Å²) in [6.45, 7) is 4.00. The summed E-state index contributed by atoms with van der Waals surface area (Å²) in [4.78, 5) is 23.7. The second kappa shape index (κ2) is 9.81. The molecule has 0 fully saturated rings. The number of nitrogens with one attached hydrogen (secondary N) is 3. The highest BCUT2D eigenvalue weighted by Crippen LogP contribution is 2.22. The Labute approximate surface area is 166 Å². The van der Waals surface area contributed by atoms with Crippen LogP contribution in [-0.2, 0) is 17.8 Å². The fourth-order valence-corrected chi connectivity index (χ4v) is 2.39. The van der Waals surface area contributed by atoms with Crippen LogP contribution in [0, 0.1) is 0 Å². The SMILES string of the molecule is CC(C)NC(=O)Nc1ccc(CNC(=O)Cc2ccc(OC(F)(F)F)cc2)cc1. The largest absolute Gasteiger partial charge is 0.573 e. The molecule has 29 heavy (non-hydrogen) atoms. The second-order valence-corrected chi connectivity index (χ2v) is 6.60. The number of amides is 3. The minimum Gasteiger partial charge on any atom is -0.406 e. The van der Waals surface area contributed by atoms with E-state index in [0.717, 1.165) is 17.7 Å². The van der Waals surface area contributed by atoms with E-state index >= 15 is 0 Å². The van der Waals surface area contributed by atoms with Crippen LogP contribution in [0.1, 0.15) is 25.0 Å². The lowest BCUT2D eigenvalue weighted by Gasteiger charge is -2.11. The van der Waals surface area contributed by atoms with E-state index in [9.17, 15) is 22.8 Å². The highest BCUT2D eigenvalue weighted by Gasteiger charge is 2.30. The van der Waals surface area contributed by atoms with E-state index in [1.807, 2.05) is 13.8 Å². The molecular weight excluding hydrogens is 387 g/mol. The molecule has 2 rings (SSSR count). The van der Waals surface area contributed by atoms with Crippen molar-refractivity contribution in [1.29, 1.82) is 0 Å². The molecule has 0 aliphatic heterocycles. The van der Waals surface area contributed by atoms with E-state index in [1.54, 1.807) is 24.3 Å². The molecule has 0 saturated carbocycles. The van der Waals surface area contributed by atoms with Crippen LogP contribution in [-0.4, -0.2) is 24.3 Å². The summed E-state index contributed by atoms with van der Waals surface area (Å²) in [7, 11) is 0. The number of hydrogen-bond acceptors (Lipinski definition) is 3. The number of ether oxygens (including phenoxy) is 1. The van der Waals surface area contributed by atoms with Gasteiger partial charge in [-0.15, -0.1) is 13.2 Å². The number of hydrogen-bond donors (Lipinski definition) is 3. The third kappa shape index (κ3) is 8.54. The summed E-state index contributed by atoms with van der Waals surface area (Å²) < 4.78 is 40.2. The number of anilines is 1. The Morgan fingerprint density at radius 3 is 2.10 bits per heavy atom. The van der Waals surface area contributed by atoms with Crippen molar-refractivity contribution in [3.05, 3.63) is 59.7 Å². The molecule has 0 heterocycles. The van der Waals surface area contributed by atoms with Gasteiger partial charge in [-0.1, -0.05) is 24.3 Å². The Hall–Kier alpha value is -3.23. The van der Waals surface area contributed by atoms with E-state index in [4.69, 9.17) is 0 Å². The molecule has 0 unspecified atom stereocenters. The van der Waals surface area contributed by atoms with Gasteiger partial charge in [0.2, 0.25) is 5.91 Å². The van der Waals surface area contributed by atoms with Gasteiger partial charge in [0, 0.05) is 18.3 Å². The zero-order valence-electron chi connectivity index (χ0n) is 16.0. The predicted molar refractivity (Wildman–Crippen MR) is 102 cm³/mol. The third-order valence-electron chi connectivity index (χ3n) is 3.64. The smallest absolute Gasteiger partial charge is 0.406 e. The second-order valence-electron chi connectivity index (χ2n) is 6.60. The highest BCUT2D eigenvalue weighted by molar-refractivity contribution is 5.89. The molecular formula is C20H22F3N3O3. The molecule has 0 aliphatic rings. The van der Waals surface area contributed by atoms with Gasteiger partial charge >= 0.3 is 12.4 Å². The van der Waals surface area contributed by atoms with Crippen LogP contribution in [0.15, 0.2) is 48.5 Å². The Morgan fingerprint density at radius 2 is 1.55 bits per heavy atom. The fourth-order valence-electron chi connectivity index (χ4n) is 2.39. The van der Waals surface area contributed by atoms with Gasteiger partial charge in [-0.05, 0) is 49.2 Å². The van der Waals surface area contributed by atoms with Crippen LogP contribution in [0.4, 0.5) is 23.7 Å². The average Bonchev–Trinajstić information content (AvgIpc) is 2.61. The molecule has 6 nitrogen and oxygen atoms in total. The third-order valence-corrected chi connectivity index (χ3v) is 3.64. The van der Waals surface area contributed by atoms with Crippen LogP contribution in [0.2, 0.25) is 0 Å². The van der Waals surface area contributed by atoms with Crippen LogP contribution < -0.4 is 20.7 Å². The van der Waals surface area contributed by atoms with E-state index in [-0.39, 0.29) is 36.7 Å². The molecule has 0 saturated heterocycles. The molecule has 9 heteroatoms. The molecule has 2 aromatic rings. The van der Waals surface area contributed by atoms with E-state index in [2.05, 4.69) is 20.7 Å². The lowest BCUT2D eigenvalue weighted by atomic mass is 10.1. The van der Waals surface area contributed by atoms with Crippen LogP contribution in [0.5, 0.6) is 5.75 Å². The standard InChI is InChI=1S/C20H22F3N3O3/c1-13(2)25-19(28)26-16-7-3-15(4-8-16)12-24-18(27)11-14-5-9-17(10-6-14)29-20(21,22)23/h3-10,13H,11-12H2,1-2H3,(H,24,27)(H2,25,26,28). The van der Waals surface area contributed by atoms with Crippen molar-refractivity contribution < 1.29 is 27.5 Å². The maximum absolute atomic E-state index is 12.1. The van der Waals surface area contributed by atoms with Gasteiger partial charge in [-0.3, -0.25) is 4.79 Å². The summed E-state index contributed by atoms with van der Waals surface area (Å²) in [5.74, 6) is -0.606. The monoisotopic (exact) mass is 409 g/mol. The Balaban J connectivity index is 1.79. The summed E-state index contributed by atoms with van der Waals surface area (Å²) in [5.41, 5.74) is 2.02. The van der Waals surface area contributed by atoms with Crippen molar-refractivity contribution in [2.24, 2.45) is 0 Å². The molecule has 2 aromatic carbocycles. The van der Waals surface area contributed by atoms with Crippen molar-refractivity contribution in [3.63, 3.8) is 0 Å². The number of carbonyl (C=O) groups is 2. The van der Waals surface area contributed by atoms with E-state index in [0.29, 0.717) is 11.3 Å². The van der Waals surface area contributed by atoms with Crippen molar-refractivity contribution in [1.82, 2.24) is 10.6 Å². The number of alkyl halides is 3. The summed E-state index contributed by atoms with van der Waals surface area (Å²) in [6.07, 6.45) is -4.72. The van der Waals surface area contributed by atoms with E-state index < -0.39 is 6.36 Å². The Morgan fingerprint density at radius 1 is 0.966 bits per heavy atom. The first-order chi connectivity index (χ1) is 13.6. The number of halogens is 3. The average molecular weight is 409 g/mol. The normalized spacial score (nSPS) is 11.1. The summed E-state index contributed by atoms with van der Waals surface area (Å²) in [6, 6.07) is 11.9. The molecule has 0 bridgehead atoms.